The van der Waals surface area contributed by atoms with Gasteiger partial charge >= 0.3 is 0 Å². The van der Waals surface area contributed by atoms with E-state index in [1.54, 1.807) is 0 Å². The standard InChI is InChI=1S/2FH.H3N.Zr/h2*1H;1H3;. The summed E-state index contributed by atoms with van der Waals surface area (Å²) in [5.41, 5.74) is 0. The number of halogens is 2. The molecule has 0 spiro atoms. The summed E-state index contributed by atoms with van der Waals surface area (Å²) in [6, 6.07) is 0. The van der Waals surface area contributed by atoms with E-state index in [9.17, 15) is 0 Å². The molecule has 4 heavy (non-hydrogen) atoms. The van der Waals surface area contributed by atoms with Crippen LogP contribution in [0.2, 0.25) is 0 Å². The van der Waals surface area contributed by atoms with Gasteiger partial charge in [0, 0.05) is 26.2 Å². The maximum Gasteiger partial charge on any atom is 0 e. The molecule has 0 bridgehead atoms. The van der Waals surface area contributed by atoms with Crippen LogP contribution in [0, 0.1) is 0 Å². The van der Waals surface area contributed by atoms with Gasteiger partial charge in [-0.25, -0.2) is 0 Å². The van der Waals surface area contributed by atoms with Crippen molar-refractivity contribution >= 4 is 0 Å². The molecule has 0 aliphatic carbocycles. The average Bonchev–Trinajstić information content (AvgIpc) is 0. The molecule has 3 N–H and O–H groups in total. The molecule has 0 atom stereocenters. The molecular weight excluding hydrogens is 143 g/mol. The van der Waals surface area contributed by atoms with Crippen LogP contribution in [0.15, 0.2) is 0 Å². The predicted octanol–water partition coefficient (Wildman–Crippen LogP) is 0.465. The van der Waals surface area contributed by atoms with Gasteiger partial charge in [-0.3, -0.25) is 9.41 Å². The molecule has 0 heterocycles. The topological polar surface area (TPSA) is 35.0 Å². The summed E-state index contributed by atoms with van der Waals surface area (Å²) in [5, 5.41) is 0. The monoisotopic (exact) mass is 147 g/mol. The molecule has 0 aliphatic rings. The third kappa shape index (κ3) is 15.9. The van der Waals surface area contributed by atoms with E-state index in [1.165, 1.54) is 0 Å². The molecule has 0 aliphatic heterocycles. The van der Waals surface area contributed by atoms with Crippen molar-refractivity contribution in [2.24, 2.45) is 0 Å². The van der Waals surface area contributed by atoms with Crippen LogP contribution in [-0.4, -0.2) is 0 Å². The molecule has 0 saturated heterocycles. The van der Waals surface area contributed by atoms with E-state index >= 15 is 0 Å². The Labute approximate surface area is 42.2 Å². The average molecular weight is 148 g/mol. The van der Waals surface area contributed by atoms with Crippen molar-refractivity contribution in [2.75, 3.05) is 0 Å². The molecule has 0 aromatic heterocycles. The molecule has 4 heteroatoms. The molecular formula is H5F2NZr. The fourth-order valence-electron chi connectivity index (χ4n) is 0. The van der Waals surface area contributed by atoms with Gasteiger partial charge in [0.25, 0.3) is 0 Å². The zero-order valence-electron chi connectivity index (χ0n) is 2.02. The van der Waals surface area contributed by atoms with Crippen molar-refractivity contribution in [3.05, 3.63) is 0 Å². The van der Waals surface area contributed by atoms with Crippen LogP contribution in [0.1, 0.15) is 0 Å². The van der Waals surface area contributed by atoms with Crippen LogP contribution in [-0.2, 0) is 26.2 Å². The van der Waals surface area contributed by atoms with Crippen molar-refractivity contribution in [1.29, 1.82) is 0 Å². The van der Waals surface area contributed by atoms with Crippen LogP contribution < -0.4 is 6.15 Å². The Morgan fingerprint density at radius 2 is 0.750 bits per heavy atom. The SMILES string of the molecule is F.F.N.[Zr]. The summed E-state index contributed by atoms with van der Waals surface area (Å²) in [6.45, 7) is 0. The third-order valence-electron chi connectivity index (χ3n) is 0. The second-order valence-electron chi connectivity index (χ2n) is 0. The number of hydrogen-bond donors (Lipinski definition) is 1. The second-order valence-corrected chi connectivity index (χ2v) is 0. The minimum Gasteiger partial charge on any atom is -0.344 e. The summed E-state index contributed by atoms with van der Waals surface area (Å²) in [5.74, 6) is 0. The summed E-state index contributed by atoms with van der Waals surface area (Å²) >= 11 is 0. The minimum absolute atomic E-state index is 0. The first-order valence-corrected chi connectivity index (χ1v) is 0. The third-order valence-corrected chi connectivity index (χ3v) is 0. The second kappa shape index (κ2) is 54.7. The van der Waals surface area contributed by atoms with Crippen LogP contribution in [0.4, 0.5) is 9.41 Å². The Morgan fingerprint density at radius 3 is 0.750 bits per heavy atom. The fourth-order valence-corrected chi connectivity index (χ4v) is 0. The molecule has 1 nitrogen and oxygen atoms in total. The predicted molar refractivity (Wildman–Crippen MR) is 10.0 cm³/mol. The van der Waals surface area contributed by atoms with E-state index in [0.29, 0.717) is 0 Å². The van der Waals surface area contributed by atoms with Crippen LogP contribution in [0.3, 0.4) is 0 Å². The van der Waals surface area contributed by atoms with Gasteiger partial charge < -0.3 is 6.15 Å². The van der Waals surface area contributed by atoms with Crippen molar-refractivity contribution < 1.29 is 35.6 Å². The van der Waals surface area contributed by atoms with Crippen LogP contribution in [0.25, 0.3) is 0 Å². The fraction of sp³-hybridized carbons (Fsp3) is 0. The Morgan fingerprint density at radius 1 is 0.750 bits per heavy atom. The molecule has 0 amide bonds. The van der Waals surface area contributed by atoms with Gasteiger partial charge in [0.2, 0.25) is 0 Å². The molecule has 0 aromatic rings. The normalized spacial score (nSPS) is 0. The Bertz CT molecular complexity index is 6.00. The first-order chi connectivity index (χ1) is 0. The van der Waals surface area contributed by atoms with Gasteiger partial charge in [0.05, 0.1) is 0 Å². The first kappa shape index (κ1) is 130. The van der Waals surface area contributed by atoms with E-state index in [0.717, 1.165) is 0 Å². The Balaban J connectivity index is 0. The smallest absolute Gasteiger partial charge is 0 e. The summed E-state index contributed by atoms with van der Waals surface area (Å²) in [6.07, 6.45) is 0. The van der Waals surface area contributed by atoms with Crippen molar-refractivity contribution in [1.82, 2.24) is 6.15 Å². The zero-order chi connectivity index (χ0) is 0. The molecule has 0 rings (SSSR count). The maximum atomic E-state index is 0. The van der Waals surface area contributed by atoms with Gasteiger partial charge in [-0.05, 0) is 0 Å². The summed E-state index contributed by atoms with van der Waals surface area (Å²) in [7, 11) is 0. The molecule has 0 fully saturated rings. The number of rotatable bonds is 0. The van der Waals surface area contributed by atoms with Crippen molar-refractivity contribution in [2.45, 2.75) is 0 Å². The maximum absolute atomic E-state index is 0. The quantitative estimate of drug-likeness (QED) is 0.532. The van der Waals surface area contributed by atoms with E-state index in [2.05, 4.69) is 0 Å². The molecule has 0 radical (unpaired) electrons. The van der Waals surface area contributed by atoms with E-state index in [-0.39, 0.29) is 41.8 Å². The van der Waals surface area contributed by atoms with Gasteiger partial charge in [0.1, 0.15) is 0 Å². The molecule has 0 unspecified atom stereocenters. The van der Waals surface area contributed by atoms with Crippen molar-refractivity contribution in [3.8, 4) is 0 Å². The summed E-state index contributed by atoms with van der Waals surface area (Å²) in [4.78, 5) is 0. The minimum atomic E-state index is 0. The first-order valence-electron chi connectivity index (χ1n) is 0. The molecule has 0 saturated carbocycles. The van der Waals surface area contributed by atoms with E-state index in [1.807, 2.05) is 0 Å². The van der Waals surface area contributed by atoms with Crippen LogP contribution in [0.5, 0.6) is 0 Å². The van der Waals surface area contributed by atoms with Gasteiger partial charge in [0.15, 0.2) is 0 Å². The van der Waals surface area contributed by atoms with Crippen LogP contribution >= 0.6 is 0 Å². The molecule has 0 aromatic carbocycles. The largest absolute Gasteiger partial charge is 0.344 e. The van der Waals surface area contributed by atoms with Gasteiger partial charge in [-0.2, -0.15) is 0 Å². The van der Waals surface area contributed by atoms with Gasteiger partial charge in [-0.15, -0.1) is 0 Å². The van der Waals surface area contributed by atoms with E-state index in [4.69, 9.17) is 0 Å². The van der Waals surface area contributed by atoms with E-state index < -0.39 is 0 Å². The van der Waals surface area contributed by atoms with Crippen molar-refractivity contribution in [3.63, 3.8) is 0 Å². The van der Waals surface area contributed by atoms with Gasteiger partial charge in [-0.1, -0.05) is 0 Å². The molecule has 28 valence electrons. The summed E-state index contributed by atoms with van der Waals surface area (Å²) < 4.78 is 0. The Kier molecular flexibility index (Phi) is 1790. The Hall–Kier alpha value is 0.703. The number of hydrogen-bond acceptors (Lipinski definition) is 1. The zero-order valence-corrected chi connectivity index (χ0v) is 4.48.